The average Bonchev–Trinajstić information content (AvgIpc) is 3.86. The first-order valence-corrected chi connectivity index (χ1v) is 22.4. The van der Waals surface area contributed by atoms with Crippen molar-refractivity contribution in [1.82, 2.24) is 0 Å². The maximum atomic E-state index is 14.9. The topological polar surface area (TPSA) is 108 Å². The van der Waals surface area contributed by atoms with Gasteiger partial charge in [-0.1, -0.05) is 26.0 Å². The van der Waals surface area contributed by atoms with Gasteiger partial charge in [0.25, 0.3) is 0 Å². The van der Waals surface area contributed by atoms with Crippen molar-refractivity contribution in [3.8, 4) is 23.0 Å². The van der Waals surface area contributed by atoms with Crippen LogP contribution in [0.3, 0.4) is 0 Å². The molecular formula is C49H62F2O10. The normalized spacial score (nSPS) is 19.1. The SMILES string of the molecule is CCC1(COCCCCOc2ccc(CCC(=O)Oc3ccc(OC(=O)CCc4ccc(OCCCCOCC5(CC)COC5)c(F)c4)c4c3C3CCC4C3)cc2F)COC1. The van der Waals surface area contributed by atoms with Crippen molar-refractivity contribution >= 4 is 11.9 Å². The molecule has 2 bridgehead atoms. The number of aryl methyl sites for hydroxylation is 2. The van der Waals surface area contributed by atoms with Crippen molar-refractivity contribution in [2.45, 2.75) is 109 Å². The first-order chi connectivity index (χ1) is 29.7. The number of esters is 2. The maximum Gasteiger partial charge on any atom is 0.311 e. The number of carbonyl (C=O) groups excluding carboxylic acids is 2. The molecule has 2 aliphatic heterocycles. The van der Waals surface area contributed by atoms with Gasteiger partial charge in [-0.05, 0) is 130 Å². The molecule has 0 N–H and O–H groups in total. The number of fused-ring (bicyclic) bond motifs is 5. The Morgan fingerprint density at radius 2 is 1.02 bits per heavy atom. The average molecular weight is 849 g/mol. The fourth-order valence-corrected chi connectivity index (χ4v) is 8.71. The van der Waals surface area contributed by atoms with Crippen molar-refractivity contribution in [2.24, 2.45) is 10.8 Å². The smallest absolute Gasteiger partial charge is 0.311 e. The molecule has 0 aromatic heterocycles. The largest absolute Gasteiger partial charge is 0.491 e. The Hall–Kier alpha value is -4.10. The van der Waals surface area contributed by atoms with E-state index in [0.29, 0.717) is 75.1 Å². The fraction of sp³-hybridized carbons (Fsp3) is 0.592. The standard InChI is InChI=1S/C49H62F2O10/c1-3-48(30-56-31-48)28-54-21-5-7-23-58-40-15-9-34(25-38(40)50)11-19-44(52)60-42-17-18-43(47-37-14-13-36(27-37)46(42)47)61-45(53)20-12-35-10-16-41(39(51)26-35)59-24-8-6-22-55-29-49(4-2)32-57-33-49/h9-10,15-18,25-26,36-37H,3-8,11-14,19-24,27-33H2,1-2H3. The molecule has 1 saturated carbocycles. The van der Waals surface area contributed by atoms with Gasteiger partial charge in [0.05, 0.1) is 52.9 Å². The first kappa shape index (κ1) is 44.9. The molecule has 61 heavy (non-hydrogen) atoms. The molecule has 2 heterocycles. The minimum absolute atomic E-state index is 0.0737. The third-order valence-electron chi connectivity index (χ3n) is 13.0. The zero-order chi connectivity index (χ0) is 42.7. The molecule has 10 nitrogen and oxygen atoms in total. The lowest BCUT2D eigenvalue weighted by molar-refractivity contribution is -0.150. The predicted octanol–water partition coefficient (Wildman–Crippen LogP) is 9.61. The Bertz CT molecular complexity index is 1790. The van der Waals surface area contributed by atoms with E-state index in [1.165, 1.54) is 12.1 Å². The molecule has 3 aromatic rings. The van der Waals surface area contributed by atoms with Crippen LogP contribution in [-0.4, -0.2) is 78.0 Å². The Morgan fingerprint density at radius 3 is 1.39 bits per heavy atom. The van der Waals surface area contributed by atoms with Gasteiger partial charge in [0.2, 0.25) is 0 Å². The summed E-state index contributed by atoms with van der Waals surface area (Å²) in [5.74, 6) is 0.0516. The number of hydrogen-bond acceptors (Lipinski definition) is 10. The van der Waals surface area contributed by atoms with E-state index in [4.69, 9.17) is 37.9 Å². The number of rotatable bonds is 26. The van der Waals surface area contributed by atoms with Crippen LogP contribution in [0.1, 0.15) is 119 Å². The van der Waals surface area contributed by atoms with E-state index < -0.39 is 23.6 Å². The first-order valence-electron chi connectivity index (χ1n) is 22.4. The molecule has 0 amide bonds. The third-order valence-corrected chi connectivity index (χ3v) is 13.0. The van der Waals surface area contributed by atoms with Crippen LogP contribution in [0.15, 0.2) is 48.5 Å². The van der Waals surface area contributed by atoms with Gasteiger partial charge in [0.15, 0.2) is 23.1 Å². The van der Waals surface area contributed by atoms with Crippen molar-refractivity contribution < 1.29 is 56.3 Å². The summed E-state index contributed by atoms with van der Waals surface area (Å²) in [5, 5.41) is 0. The molecule has 2 saturated heterocycles. The summed E-state index contributed by atoms with van der Waals surface area (Å²) in [6.07, 6.45) is 8.89. The van der Waals surface area contributed by atoms with Crippen LogP contribution in [0.2, 0.25) is 0 Å². The van der Waals surface area contributed by atoms with Crippen molar-refractivity contribution in [1.29, 1.82) is 0 Å². The Balaban J connectivity index is 0.816. The zero-order valence-electron chi connectivity index (χ0n) is 35.9. The number of unbranched alkanes of at least 4 members (excludes halogenated alkanes) is 2. The highest BCUT2D eigenvalue weighted by atomic mass is 19.1. The Kier molecular flexibility index (Phi) is 15.7. The van der Waals surface area contributed by atoms with Gasteiger partial charge in [-0.3, -0.25) is 9.59 Å². The fourth-order valence-electron chi connectivity index (χ4n) is 8.71. The summed E-state index contributed by atoms with van der Waals surface area (Å²) in [5.41, 5.74) is 3.55. The third kappa shape index (κ3) is 11.7. The van der Waals surface area contributed by atoms with Gasteiger partial charge >= 0.3 is 11.9 Å². The molecule has 3 fully saturated rings. The summed E-state index contributed by atoms with van der Waals surface area (Å²) >= 11 is 0. The van der Waals surface area contributed by atoms with Crippen LogP contribution in [0.4, 0.5) is 8.78 Å². The van der Waals surface area contributed by atoms with E-state index in [0.717, 1.165) is 95.3 Å². The molecule has 2 atom stereocenters. The van der Waals surface area contributed by atoms with Crippen LogP contribution >= 0.6 is 0 Å². The quantitative estimate of drug-likeness (QED) is 0.0441. The number of hydrogen-bond donors (Lipinski definition) is 0. The second kappa shape index (κ2) is 21.3. The van der Waals surface area contributed by atoms with E-state index in [2.05, 4.69) is 13.8 Å². The second-order valence-electron chi connectivity index (χ2n) is 17.5. The molecule has 0 spiro atoms. The number of benzene rings is 3. The summed E-state index contributed by atoms with van der Waals surface area (Å²) in [4.78, 5) is 26.2. The maximum absolute atomic E-state index is 14.9. The highest BCUT2D eigenvalue weighted by molar-refractivity contribution is 5.76. The molecule has 7 rings (SSSR count). The van der Waals surface area contributed by atoms with Crippen molar-refractivity contribution in [3.05, 3.63) is 82.4 Å². The second-order valence-corrected chi connectivity index (χ2v) is 17.5. The minimum atomic E-state index is -0.463. The van der Waals surface area contributed by atoms with E-state index in [9.17, 15) is 18.4 Å². The summed E-state index contributed by atoms with van der Waals surface area (Å²) in [7, 11) is 0. The zero-order valence-corrected chi connectivity index (χ0v) is 35.9. The van der Waals surface area contributed by atoms with Gasteiger partial charge in [0, 0.05) is 48.0 Å². The van der Waals surface area contributed by atoms with Crippen molar-refractivity contribution in [2.75, 3.05) is 66.1 Å². The van der Waals surface area contributed by atoms with E-state index in [1.807, 2.05) is 0 Å². The van der Waals surface area contributed by atoms with Crippen LogP contribution in [-0.2, 0) is 41.4 Å². The Labute approximate surface area is 358 Å². The lowest BCUT2D eigenvalue weighted by Gasteiger charge is -2.40. The molecular weight excluding hydrogens is 787 g/mol. The monoisotopic (exact) mass is 848 g/mol. The molecule has 3 aromatic carbocycles. The summed E-state index contributed by atoms with van der Waals surface area (Å²) in [6, 6.07) is 13.0. The highest BCUT2D eigenvalue weighted by Gasteiger charge is 2.42. The van der Waals surface area contributed by atoms with Gasteiger partial charge in [-0.2, -0.15) is 0 Å². The van der Waals surface area contributed by atoms with E-state index in [1.54, 1.807) is 36.4 Å². The summed E-state index contributed by atoms with van der Waals surface area (Å²) < 4.78 is 75.2. The van der Waals surface area contributed by atoms with Crippen LogP contribution < -0.4 is 18.9 Å². The molecule has 2 unspecified atom stereocenters. The number of carbonyl (C=O) groups is 2. The molecule has 0 radical (unpaired) electrons. The van der Waals surface area contributed by atoms with Gasteiger partial charge in [-0.25, -0.2) is 8.78 Å². The highest BCUT2D eigenvalue weighted by Crippen LogP contribution is 2.58. The Morgan fingerprint density at radius 1 is 0.607 bits per heavy atom. The van der Waals surface area contributed by atoms with Gasteiger partial charge in [-0.15, -0.1) is 0 Å². The summed E-state index contributed by atoms with van der Waals surface area (Å²) in [6.45, 7) is 10.8. The van der Waals surface area contributed by atoms with Crippen LogP contribution in [0, 0.1) is 22.5 Å². The van der Waals surface area contributed by atoms with E-state index >= 15 is 0 Å². The van der Waals surface area contributed by atoms with Crippen LogP contribution in [0.25, 0.3) is 0 Å². The van der Waals surface area contributed by atoms with Gasteiger partial charge in [0.1, 0.15) is 11.5 Å². The molecule has 4 aliphatic rings. The minimum Gasteiger partial charge on any atom is -0.491 e. The lowest BCUT2D eigenvalue weighted by atomic mass is 9.84. The van der Waals surface area contributed by atoms with Crippen LogP contribution in [0.5, 0.6) is 23.0 Å². The van der Waals surface area contributed by atoms with Crippen molar-refractivity contribution in [3.63, 3.8) is 0 Å². The molecule has 2 aliphatic carbocycles. The van der Waals surface area contributed by atoms with Gasteiger partial charge < -0.3 is 37.9 Å². The number of ether oxygens (including phenoxy) is 8. The molecule has 332 valence electrons. The molecule has 12 heteroatoms. The predicted molar refractivity (Wildman–Crippen MR) is 225 cm³/mol. The number of halogens is 2. The van der Waals surface area contributed by atoms with E-state index in [-0.39, 0.29) is 47.0 Å². The lowest BCUT2D eigenvalue weighted by Crippen LogP contribution is -2.45.